The number of hydrogen-bond donors (Lipinski definition) is 2. The van der Waals surface area contributed by atoms with Gasteiger partial charge in [-0.2, -0.15) is 0 Å². The Bertz CT molecular complexity index is 291. The highest BCUT2D eigenvalue weighted by Crippen LogP contribution is 2.14. The highest BCUT2D eigenvalue weighted by molar-refractivity contribution is 9.10. The molecule has 78 valence electrons. The third kappa shape index (κ3) is 3.74. The molecule has 2 N–H and O–H groups in total. The lowest BCUT2D eigenvalue weighted by molar-refractivity contribution is 0.582. The molecular weight excluding hydrogens is 247 g/mol. The summed E-state index contributed by atoms with van der Waals surface area (Å²) in [6.45, 7) is 2.30. The lowest BCUT2D eigenvalue weighted by Crippen LogP contribution is -2.24. The van der Waals surface area contributed by atoms with E-state index in [1.807, 2.05) is 13.1 Å². The fraction of sp³-hybridized carbons (Fsp3) is 0.400. The molecule has 0 amide bonds. The van der Waals surface area contributed by atoms with Crippen molar-refractivity contribution in [3.63, 3.8) is 0 Å². The Morgan fingerprint density at radius 3 is 2.79 bits per heavy atom. The SMILES string of the molecule is CNCCNCc1ccc(Br)cc1F. The number of benzene rings is 1. The summed E-state index contributed by atoms with van der Waals surface area (Å²) in [5.74, 6) is -0.170. The zero-order valence-corrected chi connectivity index (χ0v) is 9.70. The number of halogens is 2. The second-order valence-corrected chi connectivity index (χ2v) is 3.93. The maximum atomic E-state index is 13.3. The van der Waals surface area contributed by atoms with Crippen molar-refractivity contribution in [2.45, 2.75) is 6.54 Å². The fourth-order valence-electron chi connectivity index (χ4n) is 1.10. The molecule has 0 aliphatic rings. The van der Waals surface area contributed by atoms with Crippen LogP contribution >= 0.6 is 15.9 Å². The van der Waals surface area contributed by atoms with E-state index < -0.39 is 0 Å². The van der Waals surface area contributed by atoms with Crippen LogP contribution in [-0.2, 0) is 6.54 Å². The molecule has 0 fully saturated rings. The Balaban J connectivity index is 2.42. The van der Waals surface area contributed by atoms with Crippen LogP contribution in [0.3, 0.4) is 0 Å². The molecule has 0 aromatic heterocycles. The summed E-state index contributed by atoms with van der Waals surface area (Å²) in [6, 6.07) is 5.11. The molecule has 0 saturated carbocycles. The van der Waals surface area contributed by atoms with E-state index in [0.717, 1.165) is 17.6 Å². The zero-order chi connectivity index (χ0) is 10.4. The van der Waals surface area contributed by atoms with Crippen molar-refractivity contribution in [3.8, 4) is 0 Å². The lowest BCUT2D eigenvalue weighted by Gasteiger charge is -2.05. The van der Waals surface area contributed by atoms with Crippen LogP contribution in [0.4, 0.5) is 4.39 Å². The minimum atomic E-state index is -0.170. The van der Waals surface area contributed by atoms with Crippen LogP contribution in [0.1, 0.15) is 5.56 Å². The van der Waals surface area contributed by atoms with Crippen molar-refractivity contribution in [2.24, 2.45) is 0 Å². The predicted octanol–water partition coefficient (Wildman–Crippen LogP) is 1.90. The summed E-state index contributed by atoms with van der Waals surface area (Å²) >= 11 is 3.22. The van der Waals surface area contributed by atoms with Gasteiger partial charge in [-0.25, -0.2) is 4.39 Å². The van der Waals surface area contributed by atoms with Crippen molar-refractivity contribution in [1.82, 2.24) is 10.6 Å². The Morgan fingerprint density at radius 2 is 2.14 bits per heavy atom. The normalized spacial score (nSPS) is 10.5. The Kier molecular flexibility index (Phi) is 5.07. The van der Waals surface area contributed by atoms with Gasteiger partial charge in [0, 0.05) is 29.7 Å². The van der Waals surface area contributed by atoms with Crippen molar-refractivity contribution < 1.29 is 4.39 Å². The summed E-state index contributed by atoms with van der Waals surface area (Å²) in [6.07, 6.45) is 0. The van der Waals surface area contributed by atoms with Gasteiger partial charge in [0.05, 0.1) is 0 Å². The average molecular weight is 261 g/mol. The van der Waals surface area contributed by atoms with E-state index in [2.05, 4.69) is 26.6 Å². The smallest absolute Gasteiger partial charge is 0.128 e. The molecule has 0 heterocycles. The van der Waals surface area contributed by atoms with Gasteiger partial charge in [-0.1, -0.05) is 22.0 Å². The van der Waals surface area contributed by atoms with Gasteiger partial charge in [0.1, 0.15) is 5.82 Å². The number of nitrogens with one attached hydrogen (secondary N) is 2. The maximum Gasteiger partial charge on any atom is 0.128 e. The largest absolute Gasteiger partial charge is 0.318 e. The summed E-state index contributed by atoms with van der Waals surface area (Å²) in [4.78, 5) is 0. The van der Waals surface area contributed by atoms with Crippen LogP contribution in [0.15, 0.2) is 22.7 Å². The van der Waals surface area contributed by atoms with Gasteiger partial charge in [0.15, 0.2) is 0 Å². The first-order chi connectivity index (χ1) is 6.74. The maximum absolute atomic E-state index is 13.3. The second kappa shape index (κ2) is 6.11. The standard InChI is InChI=1S/C10H14BrFN2/c1-13-4-5-14-7-8-2-3-9(11)6-10(8)12/h2-3,6,13-14H,4-5,7H2,1H3. The van der Waals surface area contributed by atoms with E-state index in [1.54, 1.807) is 6.07 Å². The van der Waals surface area contributed by atoms with Crippen LogP contribution in [-0.4, -0.2) is 20.1 Å². The van der Waals surface area contributed by atoms with E-state index >= 15 is 0 Å². The molecule has 1 aromatic rings. The van der Waals surface area contributed by atoms with E-state index in [1.165, 1.54) is 6.07 Å². The van der Waals surface area contributed by atoms with Crippen molar-refractivity contribution >= 4 is 15.9 Å². The molecule has 1 rings (SSSR count). The number of rotatable bonds is 5. The highest BCUT2D eigenvalue weighted by atomic mass is 79.9. The summed E-state index contributed by atoms with van der Waals surface area (Å²) < 4.78 is 14.0. The van der Waals surface area contributed by atoms with E-state index in [4.69, 9.17) is 0 Å². The molecule has 0 atom stereocenters. The average Bonchev–Trinajstić information content (AvgIpc) is 2.15. The summed E-state index contributed by atoms with van der Waals surface area (Å²) in [7, 11) is 1.89. The summed E-state index contributed by atoms with van der Waals surface area (Å²) in [5, 5.41) is 6.16. The van der Waals surface area contributed by atoms with Crippen LogP contribution in [0.25, 0.3) is 0 Å². The molecule has 0 aliphatic heterocycles. The summed E-state index contributed by atoms with van der Waals surface area (Å²) in [5.41, 5.74) is 0.698. The first-order valence-corrected chi connectivity index (χ1v) is 5.32. The van der Waals surface area contributed by atoms with Crippen LogP contribution in [0.2, 0.25) is 0 Å². The Morgan fingerprint density at radius 1 is 1.36 bits per heavy atom. The lowest BCUT2D eigenvalue weighted by atomic mass is 10.2. The predicted molar refractivity (Wildman–Crippen MR) is 59.7 cm³/mol. The highest BCUT2D eigenvalue weighted by Gasteiger charge is 2.01. The first kappa shape index (κ1) is 11.6. The fourth-order valence-corrected chi connectivity index (χ4v) is 1.43. The van der Waals surface area contributed by atoms with Crippen LogP contribution < -0.4 is 10.6 Å². The number of hydrogen-bond acceptors (Lipinski definition) is 2. The molecule has 0 radical (unpaired) electrons. The van der Waals surface area contributed by atoms with Gasteiger partial charge < -0.3 is 10.6 Å². The molecule has 14 heavy (non-hydrogen) atoms. The third-order valence-electron chi connectivity index (χ3n) is 1.88. The van der Waals surface area contributed by atoms with Crippen LogP contribution in [0, 0.1) is 5.82 Å². The monoisotopic (exact) mass is 260 g/mol. The Labute approximate surface area is 92.0 Å². The van der Waals surface area contributed by atoms with Gasteiger partial charge >= 0.3 is 0 Å². The van der Waals surface area contributed by atoms with Gasteiger partial charge in [-0.3, -0.25) is 0 Å². The Hall–Kier alpha value is -0.450. The molecule has 0 unspecified atom stereocenters. The topological polar surface area (TPSA) is 24.1 Å². The molecular formula is C10H14BrFN2. The zero-order valence-electron chi connectivity index (χ0n) is 8.11. The van der Waals surface area contributed by atoms with Gasteiger partial charge in [-0.15, -0.1) is 0 Å². The van der Waals surface area contributed by atoms with Crippen molar-refractivity contribution in [1.29, 1.82) is 0 Å². The number of likely N-dealkylation sites (N-methyl/N-ethyl adjacent to an activating group) is 1. The van der Waals surface area contributed by atoms with Gasteiger partial charge in [0.25, 0.3) is 0 Å². The molecule has 1 aromatic carbocycles. The third-order valence-corrected chi connectivity index (χ3v) is 2.38. The van der Waals surface area contributed by atoms with Crippen molar-refractivity contribution in [2.75, 3.05) is 20.1 Å². The second-order valence-electron chi connectivity index (χ2n) is 3.02. The molecule has 0 bridgehead atoms. The van der Waals surface area contributed by atoms with Gasteiger partial charge in [-0.05, 0) is 19.2 Å². The van der Waals surface area contributed by atoms with Crippen LogP contribution in [0.5, 0.6) is 0 Å². The molecule has 0 spiro atoms. The van der Waals surface area contributed by atoms with Crippen molar-refractivity contribution in [3.05, 3.63) is 34.1 Å². The molecule has 2 nitrogen and oxygen atoms in total. The van der Waals surface area contributed by atoms with E-state index in [0.29, 0.717) is 12.1 Å². The van der Waals surface area contributed by atoms with Gasteiger partial charge in [0.2, 0.25) is 0 Å². The first-order valence-electron chi connectivity index (χ1n) is 4.53. The minimum Gasteiger partial charge on any atom is -0.318 e. The molecule has 0 aliphatic carbocycles. The van der Waals surface area contributed by atoms with E-state index in [9.17, 15) is 4.39 Å². The minimum absolute atomic E-state index is 0.170. The van der Waals surface area contributed by atoms with E-state index in [-0.39, 0.29) is 5.82 Å². The quantitative estimate of drug-likeness (QED) is 0.791. The molecule has 0 saturated heterocycles. The molecule has 4 heteroatoms.